The highest BCUT2D eigenvalue weighted by atomic mass is 79.9. The van der Waals surface area contributed by atoms with Crippen LogP contribution in [-0.2, 0) is 4.74 Å². The Kier molecular flexibility index (Phi) is 5.05. The zero-order chi connectivity index (χ0) is 14.7. The van der Waals surface area contributed by atoms with Crippen LogP contribution in [0.15, 0.2) is 22.7 Å². The van der Waals surface area contributed by atoms with E-state index in [1.807, 2.05) is 6.07 Å². The van der Waals surface area contributed by atoms with Gasteiger partial charge in [-0.15, -0.1) is 0 Å². The fourth-order valence-electron chi connectivity index (χ4n) is 2.49. The average Bonchev–Trinajstić information content (AvgIpc) is 3.23. The van der Waals surface area contributed by atoms with Crippen LogP contribution in [0.2, 0.25) is 0 Å². The van der Waals surface area contributed by atoms with Gasteiger partial charge in [-0.1, -0.05) is 15.9 Å². The molecule has 0 aromatic heterocycles. The maximum absolute atomic E-state index is 11.4. The van der Waals surface area contributed by atoms with E-state index in [4.69, 9.17) is 4.74 Å². The molecule has 1 atom stereocenters. The maximum atomic E-state index is 11.4. The fraction of sp³-hybridized carbons (Fsp3) is 0.533. The number of hydrogen-bond donors (Lipinski definition) is 1. The number of nitrogens with zero attached hydrogens (tertiary/aromatic N) is 1. The van der Waals surface area contributed by atoms with Gasteiger partial charge in [-0.3, -0.25) is 0 Å². The zero-order valence-electron chi connectivity index (χ0n) is 11.8. The third-order valence-electron chi connectivity index (χ3n) is 3.83. The number of hydrogen-bond acceptors (Lipinski definition) is 3. The summed E-state index contributed by atoms with van der Waals surface area (Å²) in [5.74, 6) is -0.231. The van der Waals surface area contributed by atoms with Crippen molar-refractivity contribution in [3.8, 4) is 0 Å². The lowest BCUT2D eigenvalue weighted by Crippen LogP contribution is -2.38. The fourth-order valence-corrected chi connectivity index (χ4v) is 2.84. The van der Waals surface area contributed by atoms with E-state index >= 15 is 0 Å². The van der Waals surface area contributed by atoms with Gasteiger partial charge in [0.1, 0.15) is 0 Å². The summed E-state index contributed by atoms with van der Waals surface area (Å²) in [4.78, 5) is 13.6. The molecule has 1 N–H and O–H groups in total. The highest BCUT2D eigenvalue weighted by molar-refractivity contribution is 9.10. The molecule has 110 valence electrons. The van der Waals surface area contributed by atoms with E-state index in [1.165, 1.54) is 12.8 Å². The Bertz CT molecular complexity index is 488. The third kappa shape index (κ3) is 3.52. The summed E-state index contributed by atoms with van der Waals surface area (Å²) in [6, 6.07) is 5.64. The van der Waals surface area contributed by atoms with Crippen molar-refractivity contribution in [2.24, 2.45) is 5.92 Å². The molecule has 5 heteroatoms. The van der Waals surface area contributed by atoms with Crippen molar-refractivity contribution < 1.29 is 14.6 Å². The van der Waals surface area contributed by atoms with Crippen molar-refractivity contribution in [2.75, 3.05) is 25.2 Å². The molecule has 0 saturated heterocycles. The highest BCUT2D eigenvalue weighted by Crippen LogP contribution is 2.38. The Morgan fingerprint density at radius 1 is 1.55 bits per heavy atom. The summed E-state index contributed by atoms with van der Waals surface area (Å²) >= 11 is 3.43. The molecule has 1 fully saturated rings. The number of carboxylic acid groups (broad SMARTS) is 1. The number of carbonyl (C=O) groups is 1. The van der Waals surface area contributed by atoms with Crippen molar-refractivity contribution >= 4 is 27.6 Å². The predicted molar refractivity (Wildman–Crippen MR) is 82.5 cm³/mol. The molecule has 0 spiro atoms. The Balaban J connectivity index is 2.35. The Morgan fingerprint density at radius 2 is 2.25 bits per heavy atom. The quantitative estimate of drug-likeness (QED) is 0.825. The predicted octanol–water partition coefficient (Wildman–Crippen LogP) is 3.40. The summed E-state index contributed by atoms with van der Waals surface area (Å²) in [5, 5.41) is 9.39. The molecule has 0 bridgehead atoms. The van der Waals surface area contributed by atoms with Gasteiger partial charge in [0.15, 0.2) is 0 Å². The highest BCUT2D eigenvalue weighted by Gasteiger charge is 2.33. The van der Waals surface area contributed by atoms with Crippen molar-refractivity contribution in [2.45, 2.75) is 25.8 Å². The Morgan fingerprint density at radius 3 is 2.80 bits per heavy atom. The van der Waals surface area contributed by atoms with Gasteiger partial charge < -0.3 is 14.7 Å². The first-order valence-corrected chi connectivity index (χ1v) is 7.62. The van der Waals surface area contributed by atoms with Crippen LogP contribution in [-0.4, -0.2) is 37.4 Å². The Hall–Kier alpha value is -1.07. The zero-order valence-corrected chi connectivity index (χ0v) is 13.4. The van der Waals surface area contributed by atoms with Crippen molar-refractivity contribution in [1.82, 2.24) is 0 Å². The second kappa shape index (κ2) is 6.59. The summed E-state index contributed by atoms with van der Waals surface area (Å²) in [6.07, 6.45) is 2.45. The summed E-state index contributed by atoms with van der Waals surface area (Å²) < 4.78 is 6.07. The van der Waals surface area contributed by atoms with Crippen molar-refractivity contribution in [3.63, 3.8) is 0 Å². The molecule has 0 radical (unpaired) electrons. The number of aromatic carboxylic acids is 1. The largest absolute Gasteiger partial charge is 0.478 e. The van der Waals surface area contributed by atoms with Crippen LogP contribution in [0.4, 0.5) is 5.69 Å². The molecule has 20 heavy (non-hydrogen) atoms. The van der Waals surface area contributed by atoms with Crippen LogP contribution < -0.4 is 4.90 Å². The molecule has 0 aliphatic heterocycles. The van der Waals surface area contributed by atoms with Crippen LogP contribution in [0.1, 0.15) is 30.1 Å². The van der Waals surface area contributed by atoms with E-state index in [9.17, 15) is 9.90 Å². The smallest absolute Gasteiger partial charge is 0.337 e. The normalized spacial score (nSPS) is 15.9. The molecular formula is C15H20BrNO3. The first kappa shape index (κ1) is 15.3. The van der Waals surface area contributed by atoms with E-state index in [0.29, 0.717) is 30.7 Å². The standard InChI is InChI=1S/C15H20BrNO3/c1-10(11-3-4-11)17(7-8-20-2)14-9-12(16)5-6-13(14)15(18)19/h5-6,9-11H,3-4,7-8H2,1-2H3,(H,18,19). The summed E-state index contributed by atoms with van der Waals surface area (Å²) in [6.45, 7) is 3.45. The first-order valence-electron chi connectivity index (χ1n) is 6.83. The maximum Gasteiger partial charge on any atom is 0.337 e. The lowest BCUT2D eigenvalue weighted by molar-refractivity contribution is 0.0697. The van der Waals surface area contributed by atoms with E-state index < -0.39 is 5.97 Å². The lowest BCUT2D eigenvalue weighted by Gasteiger charge is -2.32. The number of carboxylic acids is 1. The summed E-state index contributed by atoms with van der Waals surface area (Å²) in [5.41, 5.74) is 1.11. The summed E-state index contributed by atoms with van der Waals surface area (Å²) in [7, 11) is 1.67. The lowest BCUT2D eigenvalue weighted by atomic mass is 10.1. The minimum absolute atomic E-state index is 0.331. The SMILES string of the molecule is COCCN(c1cc(Br)ccc1C(=O)O)C(C)C1CC1. The van der Waals surface area contributed by atoms with Crippen LogP contribution in [0.3, 0.4) is 0 Å². The van der Waals surface area contributed by atoms with E-state index in [1.54, 1.807) is 19.2 Å². The van der Waals surface area contributed by atoms with Gasteiger partial charge in [-0.05, 0) is 43.9 Å². The first-order chi connectivity index (χ1) is 9.54. The van der Waals surface area contributed by atoms with E-state index in [2.05, 4.69) is 27.8 Å². The average molecular weight is 342 g/mol. The van der Waals surface area contributed by atoms with Gasteiger partial charge in [-0.2, -0.15) is 0 Å². The molecule has 0 heterocycles. The number of rotatable bonds is 7. The van der Waals surface area contributed by atoms with Crippen LogP contribution in [0.5, 0.6) is 0 Å². The molecular weight excluding hydrogens is 322 g/mol. The molecule has 0 amide bonds. The molecule has 1 aromatic carbocycles. The number of methoxy groups -OCH3 is 1. The Labute approximate surface area is 127 Å². The number of ether oxygens (including phenoxy) is 1. The van der Waals surface area contributed by atoms with Crippen LogP contribution in [0.25, 0.3) is 0 Å². The van der Waals surface area contributed by atoms with Gasteiger partial charge >= 0.3 is 5.97 Å². The van der Waals surface area contributed by atoms with Crippen LogP contribution in [0, 0.1) is 5.92 Å². The molecule has 4 nitrogen and oxygen atoms in total. The molecule has 1 aliphatic carbocycles. The monoisotopic (exact) mass is 341 g/mol. The minimum Gasteiger partial charge on any atom is -0.478 e. The topological polar surface area (TPSA) is 49.8 Å². The molecule has 1 aromatic rings. The van der Waals surface area contributed by atoms with E-state index in [-0.39, 0.29) is 0 Å². The van der Waals surface area contributed by atoms with E-state index in [0.717, 1.165) is 10.2 Å². The van der Waals surface area contributed by atoms with Gasteiger partial charge in [0, 0.05) is 24.2 Å². The van der Waals surface area contributed by atoms with Crippen molar-refractivity contribution in [1.29, 1.82) is 0 Å². The van der Waals surface area contributed by atoms with Gasteiger partial charge in [-0.25, -0.2) is 4.79 Å². The number of benzene rings is 1. The molecule has 1 aliphatic rings. The van der Waals surface area contributed by atoms with Crippen molar-refractivity contribution in [3.05, 3.63) is 28.2 Å². The molecule has 1 unspecified atom stereocenters. The van der Waals surface area contributed by atoms with Gasteiger partial charge in [0.05, 0.1) is 17.9 Å². The van der Waals surface area contributed by atoms with Gasteiger partial charge in [0.25, 0.3) is 0 Å². The number of anilines is 1. The molecule has 1 saturated carbocycles. The third-order valence-corrected chi connectivity index (χ3v) is 4.33. The second-order valence-electron chi connectivity index (χ2n) is 5.23. The number of halogens is 1. The second-order valence-corrected chi connectivity index (χ2v) is 6.15. The van der Waals surface area contributed by atoms with Gasteiger partial charge in [0.2, 0.25) is 0 Å². The minimum atomic E-state index is -0.891. The van der Waals surface area contributed by atoms with Crippen LogP contribution >= 0.6 is 15.9 Å². The molecule has 2 rings (SSSR count).